The largest absolute Gasteiger partial charge is 0.343 e. The first kappa shape index (κ1) is 19.7. The van der Waals surface area contributed by atoms with Crippen LogP contribution in [-0.4, -0.2) is 48.9 Å². The molecule has 0 atom stereocenters. The Morgan fingerprint density at radius 3 is 1.96 bits per heavy atom. The van der Waals surface area contributed by atoms with Crippen LogP contribution >= 0.6 is 0 Å². The monoisotopic (exact) mass is 318 g/mol. The van der Waals surface area contributed by atoms with Gasteiger partial charge in [-0.3, -0.25) is 9.69 Å². The van der Waals surface area contributed by atoms with Crippen molar-refractivity contribution in [1.82, 2.24) is 9.80 Å². The second-order valence-corrected chi connectivity index (χ2v) is 6.90. The van der Waals surface area contributed by atoms with Crippen molar-refractivity contribution in [2.24, 2.45) is 0 Å². The second-order valence-electron chi connectivity index (χ2n) is 6.90. The molecule has 0 bridgehead atoms. The molecule has 0 aromatic rings. The van der Waals surface area contributed by atoms with Crippen molar-refractivity contribution in [1.29, 1.82) is 0 Å². The maximum Gasteiger partial charge on any atom is 0.209 e. The lowest BCUT2D eigenvalue weighted by molar-refractivity contribution is -0.119. The average Bonchev–Trinajstić information content (AvgIpc) is 2.53. The summed E-state index contributed by atoms with van der Waals surface area (Å²) >= 11 is 0. The number of allylic oxidation sites excluding steroid dienone is 5. The van der Waals surface area contributed by atoms with Gasteiger partial charge in [-0.25, -0.2) is 0 Å². The van der Waals surface area contributed by atoms with Crippen molar-refractivity contribution in [2.45, 2.75) is 53.4 Å². The molecule has 0 aromatic heterocycles. The molecule has 1 saturated heterocycles. The molecular formula is C20H34N2O. The van der Waals surface area contributed by atoms with Gasteiger partial charge < -0.3 is 4.90 Å². The predicted octanol–water partition coefficient (Wildman–Crippen LogP) is 4.18. The summed E-state index contributed by atoms with van der Waals surface area (Å²) in [5.41, 5.74) is 4.38. The van der Waals surface area contributed by atoms with Crippen molar-refractivity contribution >= 4 is 6.41 Å². The molecule has 1 aliphatic heterocycles. The zero-order chi connectivity index (χ0) is 17.1. The van der Waals surface area contributed by atoms with E-state index in [1.165, 1.54) is 23.1 Å². The summed E-state index contributed by atoms with van der Waals surface area (Å²) in [4.78, 5) is 15.0. The maximum atomic E-state index is 10.7. The van der Waals surface area contributed by atoms with Crippen molar-refractivity contribution in [3.05, 3.63) is 34.9 Å². The summed E-state index contributed by atoms with van der Waals surface area (Å²) in [6, 6.07) is 0. The molecule has 0 aromatic carbocycles. The van der Waals surface area contributed by atoms with Gasteiger partial charge in [-0.05, 0) is 53.4 Å². The van der Waals surface area contributed by atoms with E-state index in [9.17, 15) is 4.79 Å². The van der Waals surface area contributed by atoms with Crippen molar-refractivity contribution in [3.63, 3.8) is 0 Å². The van der Waals surface area contributed by atoms with E-state index in [0.717, 1.165) is 58.4 Å². The minimum atomic E-state index is 0.865. The molecule has 23 heavy (non-hydrogen) atoms. The molecule has 1 amide bonds. The van der Waals surface area contributed by atoms with E-state index < -0.39 is 0 Å². The molecule has 0 aliphatic carbocycles. The van der Waals surface area contributed by atoms with Crippen LogP contribution in [0.2, 0.25) is 0 Å². The first-order valence-electron chi connectivity index (χ1n) is 8.87. The molecule has 1 heterocycles. The molecule has 130 valence electrons. The normalized spacial score (nSPS) is 17.3. The Hall–Kier alpha value is -1.35. The fraction of sp³-hybridized carbons (Fsp3) is 0.650. The number of carbonyl (C=O) groups excluding carboxylic acids is 1. The Kier molecular flexibility index (Phi) is 9.61. The summed E-state index contributed by atoms with van der Waals surface area (Å²) in [7, 11) is 0. The Morgan fingerprint density at radius 1 is 0.826 bits per heavy atom. The van der Waals surface area contributed by atoms with E-state index >= 15 is 0 Å². The van der Waals surface area contributed by atoms with Crippen LogP contribution in [0, 0.1) is 0 Å². The third-order valence-electron chi connectivity index (χ3n) is 4.38. The van der Waals surface area contributed by atoms with E-state index in [2.05, 4.69) is 50.8 Å². The van der Waals surface area contributed by atoms with Crippen LogP contribution < -0.4 is 0 Å². The van der Waals surface area contributed by atoms with Crippen molar-refractivity contribution in [2.75, 3.05) is 32.7 Å². The first-order valence-corrected chi connectivity index (χ1v) is 8.87. The summed E-state index contributed by atoms with van der Waals surface area (Å²) in [6.07, 6.45) is 12.6. The minimum absolute atomic E-state index is 0.865. The van der Waals surface area contributed by atoms with Crippen LogP contribution in [0.15, 0.2) is 34.9 Å². The number of rotatable bonds is 9. The van der Waals surface area contributed by atoms with Gasteiger partial charge in [0.1, 0.15) is 0 Å². The molecule has 1 rings (SSSR count). The lowest BCUT2D eigenvalue weighted by atomic mass is 10.1. The van der Waals surface area contributed by atoms with Gasteiger partial charge in [-0.1, -0.05) is 34.9 Å². The van der Waals surface area contributed by atoms with E-state index in [-0.39, 0.29) is 0 Å². The van der Waals surface area contributed by atoms with E-state index in [1.807, 2.05) is 4.90 Å². The molecule has 0 N–H and O–H groups in total. The van der Waals surface area contributed by atoms with E-state index in [1.54, 1.807) is 0 Å². The molecule has 3 heteroatoms. The Morgan fingerprint density at radius 2 is 1.39 bits per heavy atom. The topological polar surface area (TPSA) is 23.6 Å². The third kappa shape index (κ3) is 9.39. The highest BCUT2D eigenvalue weighted by atomic mass is 16.1. The van der Waals surface area contributed by atoms with E-state index in [0.29, 0.717) is 0 Å². The van der Waals surface area contributed by atoms with Gasteiger partial charge in [-0.2, -0.15) is 0 Å². The molecule has 0 unspecified atom stereocenters. The average molecular weight is 319 g/mol. The molecule has 0 radical (unpaired) electrons. The Labute approximate surface area is 142 Å². The number of amides is 1. The number of piperazine rings is 1. The van der Waals surface area contributed by atoms with Crippen LogP contribution in [-0.2, 0) is 4.79 Å². The van der Waals surface area contributed by atoms with Gasteiger partial charge in [0.15, 0.2) is 0 Å². The van der Waals surface area contributed by atoms with E-state index in [4.69, 9.17) is 0 Å². The molecule has 3 nitrogen and oxygen atoms in total. The first-order chi connectivity index (χ1) is 11.0. The number of carbonyl (C=O) groups is 1. The molecule has 1 fully saturated rings. The van der Waals surface area contributed by atoms with Crippen LogP contribution in [0.25, 0.3) is 0 Å². The zero-order valence-corrected chi connectivity index (χ0v) is 15.5. The number of hydrogen-bond acceptors (Lipinski definition) is 2. The molecule has 0 saturated carbocycles. The second kappa shape index (κ2) is 11.2. The van der Waals surface area contributed by atoms with Gasteiger partial charge in [0.05, 0.1) is 0 Å². The summed E-state index contributed by atoms with van der Waals surface area (Å²) in [6.45, 7) is 13.5. The van der Waals surface area contributed by atoms with Crippen LogP contribution in [0.1, 0.15) is 53.4 Å². The highest BCUT2D eigenvalue weighted by Gasteiger charge is 2.13. The lowest BCUT2D eigenvalue weighted by Crippen LogP contribution is -2.45. The van der Waals surface area contributed by atoms with Gasteiger partial charge in [0.2, 0.25) is 6.41 Å². The van der Waals surface area contributed by atoms with Crippen molar-refractivity contribution < 1.29 is 4.79 Å². The lowest BCUT2D eigenvalue weighted by Gasteiger charge is -2.31. The van der Waals surface area contributed by atoms with Crippen LogP contribution in [0.3, 0.4) is 0 Å². The van der Waals surface area contributed by atoms with Crippen molar-refractivity contribution in [3.8, 4) is 0 Å². The van der Waals surface area contributed by atoms with Gasteiger partial charge in [0, 0.05) is 32.7 Å². The van der Waals surface area contributed by atoms with Gasteiger partial charge in [0.25, 0.3) is 0 Å². The maximum absolute atomic E-state index is 10.7. The highest BCUT2D eigenvalue weighted by molar-refractivity contribution is 5.47. The molecule has 1 aliphatic rings. The van der Waals surface area contributed by atoms with Gasteiger partial charge in [-0.15, -0.1) is 0 Å². The molecule has 0 spiro atoms. The zero-order valence-electron chi connectivity index (χ0n) is 15.5. The fourth-order valence-corrected chi connectivity index (χ4v) is 2.68. The fourth-order valence-electron chi connectivity index (χ4n) is 2.68. The summed E-state index contributed by atoms with van der Waals surface area (Å²) < 4.78 is 0. The SMILES string of the molecule is CC(C)=CCCC(C)=CCCC(C)=CCN1CCN(C=O)CC1. The Balaban J connectivity index is 2.21. The van der Waals surface area contributed by atoms with Crippen LogP contribution in [0.4, 0.5) is 0 Å². The quantitative estimate of drug-likeness (QED) is 0.470. The third-order valence-corrected chi connectivity index (χ3v) is 4.38. The predicted molar refractivity (Wildman–Crippen MR) is 99.5 cm³/mol. The number of nitrogens with zero attached hydrogens (tertiary/aromatic N) is 2. The van der Waals surface area contributed by atoms with Crippen LogP contribution in [0.5, 0.6) is 0 Å². The number of hydrogen-bond donors (Lipinski definition) is 0. The standard InChI is InChI=1S/C20H34N2O/c1-18(2)7-5-8-19(3)9-6-10-20(4)11-12-21-13-15-22(17-23)16-14-21/h7,9,11,17H,5-6,8,10,12-16H2,1-4H3. The highest BCUT2D eigenvalue weighted by Crippen LogP contribution is 2.11. The molecular weight excluding hydrogens is 284 g/mol. The summed E-state index contributed by atoms with van der Waals surface area (Å²) in [5.74, 6) is 0. The Bertz CT molecular complexity index is 437. The smallest absolute Gasteiger partial charge is 0.209 e. The summed E-state index contributed by atoms with van der Waals surface area (Å²) in [5, 5.41) is 0. The van der Waals surface area contributed by atoms with Gasteiger partial charge >= 0.3 is 0 Å². The minimum Gasteiger partial charge on any atom is -0.343 e.